The van der Waals surface area contributed by atoms with Gasteiger partial charge in [0.2, 0.25) is 0 Å². The molecular formula is C13H13BFNO2. The Balaban J connectivity index is 1.98. The minimum Gasteiger partial charge on any atom is -0.423 e. The van der Waals surface area contributed by atoms with Crippen LogP contribution in [0, 0.1) is 5.82 Å². The van der Waals surface area contributed by atoms with Gasteiger partial charge < -0.3 is 15.4 Å². The van der Waals surface area contributed by atoms with Crippen molar-refractivity contribution in [2.75, 3.05) is 5.32 Å². The van der Waals surface area contributed by atoms with Gasteiger partial charge in [-0.2, -0.15) is 0 Å². The molecule has 0 aliphatic heterocycles. The van der Waals surface area contributed by atoms with E-state index in [1.807, 2.05) is 6.07 Å². The molecule has 0 spiro atoms. The van der Waals surface area contributed by atoms with Crippen molar-refractivity contribution in [3.05, 3.63) is 59.9 Å². The lowest BCUT2D eigenvalue weighted by molar-refractivity contribution is 0.426. The summed E-state index contributed by atoms with van der Waals surface area (Å²) in [6, 6.07) is 13.1. The third-order valence-corrected chi connectivity index (χ3v) is 2.59. The Morgan fingerprint density at radius 2 is 1.78 bits per heavy atom. The zero-order valence-corrected chi connectivity index (χ0v) is 9.68. The molecule has 0 saturated carbocycles. The SMILES string of the molecule is OB(O)c1ccc(NCc2cccc(F)c2)cc1. The molecule has 2 aromatic carbocycles. The standard InChI is InChI=1S/C13H13BFNO2/c15-12-3-1-2-10(8-12)9-16-13-6-4-11(5-7-13)14(17)18/h1-8,16-18H,9H2. The second kappa shape index (κ2) is 5.66. The van der Waals surface area contributed by atoms with Crippen LogP contribution in [0.5, 0.6) is 0 Å². The molecule has 0 heterocycles. The third kappa shape index (κ3) is 3.32. The predicted octanol–water partition coefficient (Wildman–Crippen LogP) is 1.12. The van der Waals surface area contributed by atoms with Crippen LogP contribution in [0.3, 0.4) is 0 Å². The largest absolute Gasteiger partial charge is 0.488 e. The fourth-order valence-electron chi connectivity index (χ4n) is 1.62. The Morgan fingerprint density at radius 3 is 2.39 bits per heavy atom. The van der Waals surface area contributed by atoms with Crippen LogP contribution >= 0.6 is 0 Å². The summed E-state index contributed by atoms with van der Waals surface area (Å²) in [7, 11) is -1.46. The van der Waals surface area contributed by atoms with Gasteiger partial charge in [-0.3, -0.25) is 0 Å². The second-order valence-electron chi connectivity index (χ2n) is 3.98. The van der Waals surface area contributed by atoms with Crippen molar-refractivity contribution >= 4 is 18.3 Å². The highest BCUT2D eigenvalue weighted by atomic mass is 19.1. The van der Waals surface area contributed by atoms with E-state index < -0.39 is 7.12 Å². The van der Waals surface area contributed by atoms with E-state index in [1.54, 1.807) is 30.3 Å². The summed E-state index contributed by atoms with van der Waals surface area (Å²) in [4.78, 5) is 0. The minimum absolute atomic E-state index is 0.256. The molecule has 3 N–H and O–H groups in total. The molecule has 2 aromatic rings. The molecule has 3 nitrogen and oxygen atoms in total. The highest BCUT2D eigenvalue weighted by Gasteiger charge is 2.09. The predicted molar refractivity (Wildman–Crippen MR) is 70.0 cm³/mol. The lowest BCUT2D eigenvalue weighted by Gasteiger charge is -2.07. The van der Waals surface area contributed by atoms with Crippen LogP contribution in [0.2, 0.25) is 0 Å². The van der Waals surface area contributed by atoms with E-state index in [0.29, 0.717) is 12.0 Å². The quantitative estimate of drug-likeness (QED) is 0.707. The number of nitrogens with one attached hydrogen (secondary N) is 1. The first-order valence-corrected chi connectivity index (χ1v) is 5.59. The molecule has 0 aromatic heterocycles. The average Bonchev–Trinajstić information content (AvgIpc) is 2.37. The van der Waals surface area contributed by atoms with Crippen molar-refractivity contribution in [1.29, 1.82) is 0 Å². The van der Waals surface area contributed by atoms with E-state index in [1.165, 1.54) is 12.1 Å². The molecule has 0 radical (unpaired) electrons. The van der Waals surface area contributed by atoms with Gasteiger partial charge in [0, 0.05) is 12.2 Å². The van der Waals surface area contributed by atoms with Crippen molar-refractivity contribution in [1.82, 2.24) is 0 Å². The molecule has 18 heavy (non-hydrogen) atoms. The van der Waals surface area contributed by atoms with Crippen LogP contribution in [0.1, 0.15) is 5.56 Å². The molecule has 2 rings (SSSR count). The molecular weight excluding hydrogens is 232 g/mol. The van der Waals surface area contributed by atoms with Crippen molar-refractivity contribution in [2.24, 2.45) is 0 Å². The maximum atomic E-state index is 13.0. The Morgan fingerprint density at radius 1 is 1.06 bits per heavy atom. The number of benzene rings is 2. The minimum atomic E-state index is -1.46. The van der Waals surface area contributed by atoms with Crippen LogP contribution in [-0.4, -0.2) is 17.2 Å². The summed E-state index contributed by atoms with van der Waals surface area (Å²) in [5.41, 5.74) is 2.12. The summed E-state index contributed by atoms with van der Waals surface area (Å²) in [5, 5.41) is 21.0. The van der Waals surface area contributed by atoms with Crippen LogP contribution in [-0.2, 0) is 6.54 Å². The van der Waals surface area contributed by atoms with E-state index in [-0.39, 0.29) is 5.82 Å². The van der Waals surface area contributed by atoms with Gasteiger partial charge in [0.15, 0.2) is 0 Å². The molecule has 0 bridgehead atoms. The summed E-state index contributed by atoms with van der Waals surface area (Å²) in [5.74, 6) is -0.256. The molecule has 0 unspecified atom stereocenters. The molecule has 0 fully saturated rings. The highest BCUT2D eigenvalue weighted by Crippen LogP contribution is 2.09. The van der Waals surface area contributed by atoms with Gasteiger partial charge >= 0.3 is 7.12 Å². The summed E-state index contributed by atoms with van der Waals surface area (Å²) in [6.45, 7) is 0.513. The van der Waals surface area contributed by atoms with E-state index >= 15 is 0 Å². The van der Waals surface area contributed by atoms with E-state index in [4.69, 9.17) is 10.0 Å². The van der Waals surface area contributed by atoms with E-state index in [9.17, 15) is 4.39 Å². The number of halogens is 1. The number of anilines is 1. The van der Waals surface area contributed by atoms with Crippen LogP contribution in [0.4, 0.5) is 10.1 Å². The zero-order valence-electron chi connectivity index (χ0n) is 9.68. The Hall–Kier alpha value is -1.85. The lowest BCUT2D eigenvalue weighted by atomic mass is 9.80. The average molecular weight is 245 g/mol. The number of hydrogen-bond acceptors (Lipinski definition) is 3. The van der Waals surface area contributed by atoms with Gasteiger partial charge in [-0.05, 0) is 35.3 Å². The summed E-state index contributed by atoms with van der Waals surface area (Å²) < 4.78 is 13.0. The summed E-state index contributed by atoms with van der Waals surface area (Å²) in [6.07, 6.45) is 0. The van der Waals surface area contributed by atoms with Gasteiger partial charge in [-0.15, -0.1) is 0 Å². The van der Waals surface area contributed by atoms with Crippen LogP contribution < -0.4 is 10.8 Å². The van der Waals surface area contributed by atoms with Crippen molar-refractivity contribution in [3.63, 3.8) is 0 Å². The first kappa shape index (κ1) is 12.6. The highest BCUT2D eigenvalue weighted by molar-refractivity contribution is 6.58. The molecule has 0 aliphatic rings. The Labute approximate surface area is 105 Å². The molecule has 0 atom stereocenters. The number of hydrogen-bond donors (Lipinski definition) is 3. The van der Waals surface area contributed by atoms with Gasteiger partial charge in [0.1, 0.15) is 5.82 Å². The van der Waals surface area contributed by atoms with Crippen molar-refractivity contribution in [3.8, 4) is 0 Å². The van der Waals surface area contributed by atoms with Gasteiger partial charge in [-0.25, -0.2) is 4.39 Å². The van der Waals surface area contributed by atoms with Gasteiger partial charge in [-0.1, -0.05) is 24.3 Å². The molecule has 5 heteroatoms. The first-order valence-electron chi connectivity index (χ1n) is 5.59. The fraction of sp³-hybridized carbons (Fsp3) is 0.0769. The monoisotopic (exact) mass is 245 g/mol. The Kier molecular flexibility index (Phi) is 3.97. The molecule has 0 saturated heterocycles. The number of rotatable bonds is 4. The maximum Gasteiger partial charge on any atom is 0.488 e. The lowest BCUT2D eigenvalue weighted by Crippen LogP contribution is -2.29. The topological polar surface area (TPSA) is 52.5 Å². The van der Waals surface area contributed by atoms with Crippen LogP contribution in [0.15, 0.2) is 48.5 Å². The van der Waals surface area contributed by atoms with Crippen LogP contribution in [0.25, 0.3) is 0 Å². The zero-order chi connectivity index (χ0) is 13.0. The molecule has 0 amide bonds. The second-order valence-corrected chi connectivity index (χ2v) is 3.98. The normalized spacial score (nSPS) is 10.2. The smallest absolute Gasteiger partial charge is 0.423 e. The summed E-state index contributed by atoms with van der Waals surface area (Å²) >= 11 is 0. The van der Waals surface area contributed by atoms with Gasteiger partial charge in [0.25, 0.3) is 0 Å². The third-order valence-electron chi connectivity index (χ3n) is 2.59. The molecule has 92 valence electrons. The fourth-order valence-corrected chi connectivity index (χ4v) is 1.62. The molecule has 0 aliphatic carbocycles. The first-order chi connectivity index (χ1) is 8.65. The van der Waals surface area contributed by atoms with Gasteiger partial charge in [0.05, 0.1) is 0 Å². The maximum absolute atomic E-state index is 13.0. The van der Waals surface area contributed by atoms with E-state index in [2.05, 4.69) is 5.32 Å². The Bertz CT molecular complexity index is 517. The van der Waals surface area contributed by atoms with E-state index in [0.717, 1.165) is 11.3 Å². The van der Waals surface area contributed by atoms with Crippen molar-refractivity contribution in [2.45, 2.75) is 6.54 Å². The van der Waals surface area contributed by atoms with Crippen molar-refractivity contribution < 1.29 is 14.4 Å².